The lowest BCUT2D eigenvalue weighted by atomic mass is 9.92. The third kappa shape index (κ3) is 1.73. The van der Waals surface area contributed by atoms with Gasteiger partial charge in [-0.05, 0) is 34.6 Å². The molecule has 0 spiro atoms. The molecule has 2 heterocycles. The van der Waals surface area contributed by atoms with Crippen LogP contribution in [0.3, 0.4) is 0 Å². The Morgan fingerprint density at radius 3 is 2.94 bits per heavy atom. The average molecular weight is 232 g/mol. The van der Waals surface area contributed by atoms with E-state index in [1.807, 2.05) is 0 Å². The maximum absolute atomic E-state index is 4.13. The lowest BCUT2D eigenvalue weighted by molar-refractivity contribution is 0.379. The summed E-state index contributed by atoms with van der Waals surface area (Å²) in [7, 11) is 0. The molecule has 2 aromatic heterocycles. The zero-order valence-electron chi connectivity index (χ0n) is 10.1. The summed E-state index contributed by atoms with van der Waals surface area (Å²) in [5, 5.41) is 14.9. The molecule has 0 aromatic carbocycles. The van der Waals surface area contributed by atoms with Gasteiger partial charge in [-0.3, -0.25) is 4.98 Å². The second-order valence-corrected chi connectivity index (χ2v) is 5.11. The van der Waals surface area contributed by atoms with Crippen molar-refractivity contribution in [2.45, 2.75) is 26.7 Å². The summed E-state index contributed by atoms with van der Waals surface area (Å²) in [6, 6.07) is 0. The second kappa shape index (κ2) is 3.65. The molecule has 6 heteroatoms. The predicted octanol–water partition coefficient (Wildman–Crippen LogP) is 1.37. The molecule has 0 aliphatic heterocycles. The minimum atomic E-state index is 0.455. The van der Waals surface area contributed by atoms with E-state index in [1.54, 1.807) is 16.9 Å². The molecule has 17 heavy (non-hydrogen) atoms. The lowest BCUT2D eigenvalue weighted by Crippen LogP contribution is -2.22. The van der Waals surface area contributed by atoms with E-state index >= 15 is 0 Å². The fourth-order valence-corrected chi connectivity index (χ4v) is 2.18. The molecule has 0 unspecified atom stereocenters. The van der Waals surface area contributed by atoms with Crippen LogP contribution in [-0.4, -0.2) is 31.6 Å². The summed E-state index contributed by atoms with van der Waals surface area (Å²) in [6.07, 6.45) is 6.02. The van der Waals surface area contributed by atoms with Crippen LogP contribution in [-0.2, 0) is 0 Å². The van der Waals surface area contributed by atoms with Crippen molar-refractivity contribution in [1.29, 1.82) is 0 Å². The van der Waals surface area contributed by atoms with E-state index in [0.29, 0.717) is 17.0 Å². The number of tetrazole rings is 1. The maximum atomic E-state index is 4.13. The number of hydrogen-bond donors (Lipinski definition) is 1. The number of aromatic nitrogens is 5. The van der Waals surface area contributed by atoms with Gasteiger partial charge >= 0.3 is 0 Å². The zero-order chi connectivity index (χ0) is 11.9. The molecule has 0 radical (unpaired) electrons. The summed E-state index contributed by atoms with van der Waals surface area (Å²) in [5.74, 6) is 1.57. The molecule has 1 saturated carbocycles. The van der Waals surface area contributed by atoms with E-state index in [9.17, 15) is 0 Å². The quantitative estimate of drug-likeness (QED) is 0.862. The number of hydrogen-bond acceptors (Lipinski definition) is 5. The van der Waals surface area contributed by atoms with Gasteiger partial charge < -0.3 is 5.32 Å². The molecule has 2 aromatic rings. The minimum Gasteiger partial charge on any atom is -0.368 e. The maximum Gasteiger partial charge on any atom is 0.199 e. The van der Waals surface area contributed by atoms with Crippen molar-refractivity contribution < 1.29 is 0 Å². The smallest absolute Gasteiger partial charge is 0.199 e. The van der Waals surface area contributed by atoms with Gasteiger partial charge in [0.2, 0.25) is 0 Å². The standard InChI is InChI=1S/C11H16N6/c1-8(2)11(3-4-11)7-13-9-5-12-6-10-14-15-16-17(9)10/h5-6,8,13H,3-4,7H2,1-2H3. The van der Waals surface area contributed by atoms with Crippen molar-refractivity contribution in [3.8, 4) is 0 Å². The molecule has 1 aliphatic carbocycles. The fraction of sp³-hybridized carbons (Fsp3) is 0.636. The van der Waals surface area contributed by atoms with Gasteiger partial charge in [-0.1, -0.05) is 13.8 Å². The Kier molecular flexibility index (Phi) is 2.24. The highest BCUT2D eigenvalue weighted by molar-refractivity contribution is 5.43. The molecule has 0 atom stereocenters. The molecule has 1 aliphatic rings. The van der Waals surface area contributed by atoms with Crippen molar-refractivity contribution in [2.24, 2.45) is 11.3 Å². The van der Waals surface area contributed by atoms with E-state index in [4.69, 9.17) is 0 Å². The molecule has 1 N–H and O–H groups in total. The first-order chi connectivity index (χ1) is 8.21. The molecule has 6 nitrogen and oxygen atoms in total. The van der Waals surface area contributed by atoms with Gasteiger partial charge in [-0.15, -0.1) is 5.10 Å². The van der Waals surface area contributed by atoms with Crippen LogP contribution in [0.4, 0.5) is 5.82 Å². The third-order valence-electron chi connectivity index (χ3n) is 3.85. The number of nitrogens with zero attached hydrogens (tertiary/aromatic N) is 5. The largest absolute Gasteiger partial charge is 0.368 e. The molecule has 0 bridgehead atoms. The fourth-order valence-electron chi connectivity index (χ4n) is 2.18. The SMILES string of the molecule is CC(C)C1(CNc2cncc3nnnn23)CC1. The first kappa shape index (κ1) is 10.4. The molecular weight excluding hydrogens is 216 g/mol. The molecule has 0 saturated heterocycles. The second-order valence-electron chi connectivity index (χ2n) is 5.11. The van der Waals surface area contributed by atoms with Crippen molar-refractivity contribution in [3.05, 3.63) is 12.4 Å². The van der Waals surface area contributed by atoms with Gasteiger partial charge in [-0.25, -0.2) is 0 Å². The van der Waals surface area contributed by atoms with Crippen LogP contribution in [0.1, 0.15) is 26.7 Å². The lowest BCUT2D eigenvalue weighted by Gasteiger charge is -2.20. The van der Waals surface area contributed by atoms with Crippen LogP contribution in [0.15, 0.2) is 12.4 Å². The topological polar surface area (TPSA) is 68.0 Å². The number of nitrogens with one attached hydrogen (secondary N) is 1. The normalized spacial score (nSPS) is 17.6. The minimum absolute atomic E-state index is 0.455. The highest BCUT2D eigenvalue weighted by Crippen LogP contribution is 2.51. The van der Waals surface area contributed by atoms with E-state index in [0.717, 1.165) is 12.4 Å². The van der Waals surface area contributed by atoms with E-state index in [2.05, 4.69) is 39.7 Å². The average Bonchev–Trinajstić information content (AvgIpc) is 2.96. The summed E-state index contributed by atoms with van der Waals surface area (Å²) in [5.41, 5.74) is 1.13. The molecule has 3 rings (SSSR count). The Bertz CT molecular complexity index is 527. The van der Waals surface area contributed by atoms with Crippen LogP contribution in [0, 0.1) is 11.3 Å². The van der Waals surface area contributed by atoms with Crippen LogP contribution in [0.2, 0.25) is 0 Å². The summed E-state index contributed by atoms with van der Waals surface area (Å²) in [6.45, 7) is 5.53. The molecule has 90 valence electrons. The zero-order valence-corrected chi connectivity index (χ0v) is 10.1. The van der Waals surface area contributed by atoms with Crippen molar-refractivity contribution in [2.75, 3.05) is 11.9 Å². The third-order valence-corrected chi connectivity index (χ3v) is 3.85. The van der Waals surface area contributed by atoms with Gasteiger partial charge in [-0.2, -0.15) is 4.52 Å². The van der Waals surface area contributed by atoms with Crippen LogP contribution >= 0.6 is 0 Å². The monoisotopic (exact) mass is 232 g/mol. The number of rotatable bonds is 4. The Labute approximate surface area is 99.4 Å². The van der Waals surface area contributed by atoms with Gasteiger partial charge in [0, 0.05) is 6.54 Å². The highest BCUT2D eigenvalue weighted by Gasteiger charge is 2.45. The first-order valence-corrected chi connectivity index (χ1v) is 5.97. The van der Waals surface area contributed by atoms with E-state index in [-0.39, 0.29) is 0 Å². The van der Waals surface area contributed by atoms with E-state index in [1.165, 1.54) is 12.8 Å². The van der Waals surface area contributed by atoms with Gasteiger partial charge in [0.15, 0.2) is 5.65 Å². The summed E-state index contributed by atoms with van der Waals surface area (Å²) >= 11 is 0. The molecular formula is C11H16N6. The summed E-state index contributed by atoms with van der Waals surface area (Å²) in [4.78, 5) is 4.13. The molecule has 0 amide bonds. The Morgan fingerprint density at radius 1 is 1.41 bits per heavy atom. The highest BCUT2D eigenvalue weighted by atomic mass is 15.5. The predicted molar refractivity (Wildman–Crippen MR) is 63.6 cm³/mol. The van der Waals surface area contributed by atoms with E-state index < -0.39 is 0 Å². The molecule has 1 fully saturated rings. The van der Waals surface area contributed by atoms with Gasteiger partial charge in [0.25, 0.3) is 0 Å². The van der Waals surface area contributed by atoms with Crippen LogP contribution < -0.4 is 5.32 Å². The Morgan fingerprint density at radius 2 is 2.24 bits per heavy atom. The first-order valence-electron chi connectivity index (χ1n) is 5.97. The van der Waals surface area contributed by atoms with Crippen LogP contribution in [0.25, 0.3) is 5.65 Å². The van der Waals surface area contributed by atoms with Crippen molar-refractivity contribution in [1.82, 2.24) is 25.0 Å². The van der Waals surface area contributed by atoms with Crippen LogP contribution in [0.5, 0.6) is 0 Å². The Hall–Kier alpha value is -1.72. The van der Waals surface area contributed by atoms with Crippen molar-refractivity contribution >= 4 is 11.5 Å². The van der Waals surface area contributed by atoms with Crippen molar-refractivity contribution in [3.63, 3.8) is 0 Å². The number of fused-ring (bicyclic) bond motifs is 1. The Balaban J connectivity index is 1.79. The van der Waals surface area contributed by atoms with Gasteiger partial charge in [0.05, 0.1) is 12.4 Å². The number of anilines is 1. The van der Waals surface area contributed by atoms with Gasteiger partial charge in [0.1, 0.15) is 5.82 Å². The summed E-state index contributed by atoms with van der Waals surface area (Å²) < 4.78 is 1.68.